The van der Waals surface area contributed by atoms with Gasteiger partial charge < -0.3 is 5.32 Å². The number of unbranched alkanes of at least 4 members (excludes halogenated alkanes) is 4. The fraction of sp³-hybridized carbons (Fsp3) is 1.00. The summed E-state index contributed by atoms with van der Waals surface area (Å²) in [7, 11) is 2.15. The van der Waals surface area contributed by atoms with Gasteiger partial charge in [0.1, 0.15) is 0 Å². The smallest absolute Gasteiger partial charge is 0.0377 e. The van der Waals surface area contributed by atoms with E-state index in [-0.39, 0.29) is 0 Å². The first-order valence-corrected chi connectivity index (χ1v) is 7.98. The number of piperazine rings is 3. The zero-order valence-corrected chi connectivity index (χ0v) is 12.3. The molecule has 0 amide bonds. The maximum Gasteiger partial charge on any atom is 0.0377 e. The minimum absolute atomic E-state index is 0.703. The third-order valence-corrected chi connectivity index (χ3v) is 4.78. The summed E-state index contributed by atoms with van der Waals surface area (Å²) in [5, 5.41) is 3.58. The normalized spacial score (nSPS) is 32.7. The molecule has 3 aliphatic heterocycles. The largest absolute Gasteiger partial charge is 0.315 e. The summed E-state index contributed by atoms with van der Waals surface area (Å²) in [6.07, 6.45) is 8.36. The quantitative estimate of drug-likeness (QED) is 0.667. The molecule has 0 saturated carbocycles. The van der Waals surface area contributed by atoms with E-state index in [4.69, 9.17) is 0 Å². The van der Waals surface area contributed by atoms with E-state index in [1.54, 1.807) is 0 Å². The van der Waals surface area contributed by atoms with Gasteiger partial charge in [-0.15, -0.1) is 0 Å². The highest BCUT2D eigenvalue weighted by Crippen LogP contribution is 2.21. The first kappa shape index (κ1) is 14.3. The highest BCUT2D eigenvalue weighted by molar-refractivity contribution is 4.94. The molecule has 0 aromatic heterocycles. The van der Waals surface area contributed by atoms with E-state index in [1.165, 1.54) is 71.2 Å². The van der Waals surface area contributed by atoms with Gasteiger partial charge in [-0.3, -0.25) is 9.80 Å². The molecule has 106 valence electrons. The van der Waals surface area contributed by atoms with Gasteiger partial charge in [0.15, 0.2) is 0 Å². The summed E-state index contributed by atoms with van der Waals surface area (Å²) in [5.74, 6) is 0. The lowest BCUT2D eigenvalue weighted by molar-refractivity contribution is -0.00367. The van der Waals surface area contributed by atoms with Gasteiger partial charge in [-0.25, -0.2) is 0 Å². The molecular formula is C15H31N3. The number of nitrogens with one attached hydrogen (secondary N) is 1. The van der Waals surface area contributed by atoms with E-state index in [0.717, 1.165) is 6.04 Å². The first-order valence-electron chi connectivity index (χ1n) is 7.98. The average molecular weight is 253 g/mol. The number of hydrogen-bond acceptors (Lipinski definition) is 3. The van der Waals surface area contributed by atoms with Crippen molar-refractivity contribution in [2.75, 3.05) is 39.8 Å². The highest BCUT2D eigenvalue weighted by Gasteiger charge is 2.35. The van der Waals surface area contributed by atoms with Crippen LogP contribution in [0.1, 0.15) is 45.4 Å². The lowest BCUT2D eigenvalue weighted by Crippen LogP contribution is -2.66. The Morgan fingerprint density at radius 3 is 2.33 bits per heavy atom. The predicted molar refractivity (Wildman–Crippen MR) is 78.0 cm³/mol. The van der Waals surface area contributed by atoms with Crippen molar-refractivity contribution in [3.05, 3.63) is 0 Å². The van der Waals surface area contributed by atoms with Gasteiger partial charge in [-0.1, -0.05) is 39.0 Å². The monoisotopic (exact) mass is 253 g/mol. The van der Waals surface area contributed by atoms with Crippen molar-refractivity contribution in [3.63, 3.8) is 0 Å². The van der Waals surface area contributed by atoms with Crippen molar-refractivity contribution in [1.82, 2.24) is 15.1 Å². The molecule has 3 aliphatic rings. The Bertz CT molecular complexity index is 224. The van der Waals surface area contributed by atoms with E-state index in [0.29, 0.717) is 6.04 Å². The second kappa shape index (κ2) is 7.46. The number of likely N-dealkylation sites (N-methyl/N-ethyl adjacent to an activating group) is 1. The summed E-state index contributed by atoms with van der Waals surface area (Å²) < 4.78 is 0. The lowest BCUT2D eigenvalue weighted by Gasteiger charge is -2.50. The zero-order chi connectivity index (χ0) is 12.8. The van der Waals surface area contributed by atoms with Gasteiger partial charge in [0, 0.05) is 44.8 Å². The van der Waals surface area contributed by atoms with E-state index in [2.05, 4.69) is 29.1 Å². The molecule has 18 heavy (non-hydrogen) atoms. The van der Waals surface area contributed by atoms with Crippen LogP contribution in [0.25, 0.3) is 0 Å². The van der Waals surface area contributed by atoms with Crippen LogP contribution in [0.4, 0.5) is 0 Å². The van der Waals surface area contributed by atoms with E-state index in [9.17, 15) is 0 Å². The van der Waals surface area contributed by atoms with Crippen molar-refractivity contribution in [3.8, 4) is 0 Å². The minimum Gasteiger partial charge on any atom is -0.315 e. The Morgan fingerprint density at radius 1 is 1.06 bits per heavy atom. The maximum absolute atomic E-state index is 3.58. The summed E-state index contributed by atoms with van der Waals surface area (Å²) in [6, 6.07) is 1.47. The van der Waals surface area contributed by atoms with Crippen LogP contribution in [-0.2, 0) is 0 Å². The van der Waals surface area contributed by atoms with Crippen LogP contribution >= 0.6 is 0 Å². The summed E-state index contributed by atoms with van der Waals surface area (Å²) in [5.41, 5.74) is 0. The molecule has 3 heterocycles. The molecule has 2 atom stereocenters. The van der Waals surface area contributed by atoms with Crippen molar-refractivity contribution in [2.24, 2.45) is 0 Å². The summed E-state index contributed by atoms with van der Waals surface area (Å²) in [6.45, 7) is 8.75. The average Bonchev–Trinajstić information content (AvgIpc) is 2.44. The Labute approximate surface area is 113 Å². The Balaban J connectivity index is 1.71. The van der Waals surface area contributed by atoms with E-state index in [1.807, 2.05) is 0 Å². The second-order valence-electron chi connectivity index (χ2n) is 6.00. The predicted octanol–water partition coefficient (Wildman–Crippen LogP) is 1.93. The van der Waals surface area contributed by atoms with Gasteiger partial charge in [0.25, 0.3) is 0 Å². The molecule has 3 rings (SSSR count). The fourth-order valence-corrected chi connectivity index (χ4v) is 3.54. The topological polar surface area (TPSA) is 18.5 Å². The van der Waals surface area contributed by atoms with Gasteiger partial charge in [0.05, 0.1) is 0 Å². The second-order valence-corrected chi connectivity index (χ2v) is 6.00. The van der Waals surface area contributed by atoms with Gasteiger partial charge in [-0.05, 0) is 13.5 Å². The Hall–Kier alpha value is -0.120. The zero-order valence-electron chi connectivity index (χ0n) is 12.3. The molecule has 3 nitrogen and oxygen atoms in total. The SMILES string of the molecule is CCCCCCCC(NC)C1CN2CCN1CC2. The van der Waals surface area contributed by atoms with Crippen LogP contribution in [0.3, 0.4) is 0 Å². The number of rotatable bonds is 8. The van der Waals surface area contributed by atoms with Crippen molar-refractivity contribution in [1.29, 1.82) is 0 Å². The van der Waals surface area contributed by atoms with Crippen LogP contribution in [0.5, 0.6) is 0 Å². The van der Waals surface area contributed by atoms with Gasteiger partial charge in [-0.2, -0.15) is 0 Å². The highest BCUT2D eigenvalue weighted by atomic mass is 15.4. The molecule has 0 aromatic rings. The standard InChI is InChI=1S/C15H31N3/c1-3-4-5-6-7-8-14(16-2)15-13-17-9-11-18(15)12-10-17/h14-16H,3-13H2,1-2H3. The summed E-state index contributed by atoms with van der Waals surface area (Å²) in [4.78, 5) is 5.36. The molecule has 3 fully saturated rings. The Morgan fingerprint density at radius 2 is 1.78 bits per heavy atom. The molecular weight excluding hydrogens is 222 g/mol. The van der Waals surface area contributed by atoms with E-state index >= 15 is 0 Å². The molecule has 3 saturated heterocycles. The number of fused-ring (bicyclic) bond motifs is 3. The molecule has 0 radical (unpaired) electrons. The number of hydrogen-bond donors (Lipinski definition) is 1. The van der Waals surface area contributed by atoms with Crippen LogP contribution in [-0.4, -0.2) is 61.7 Å². The maximum atomic E-state index is 3.58. The molecule has 1 N–H and O–H groups in total. The van der Waals surface area contributed by atoms with E-state index < -0.39 is 0 Å². The van der Waals surface area contributed by atoms with Crippen LogP contribution in [0, 0.1) is 0 Å². The van der Waals surface area contributed by atoms with Crippen LogP contribution < -0.4 is 5.32 Å². The lowest BCUT2D eigenvalue weighted by atomic mass is 9.95. The third-order valence-electron chi connectivity index (χ3n) is 4.78. The van der Waals surface area contributed by atoms with Gasteiger partial charge >= 0.3 is 0 Å². The molecule has 2 unspecified atom stereocenters. The van der Waals surface area contributed by atoms with Crippen molar-refractivity contribution < 1.29 is 0 Å². The van der Waals surface area contributed by atoms with Gasteiger partial charge in [0.2, 0.25) is 0 Å². The van der Waals surface area contributed by atoms with Crippen molar-refractivity contribution >= 4 is 0 Å². The fourth-order valence-electron chi connectivity index (χ4n) is 3.54. The molecule has 0 aromatic carbocycles. The number of nitrogens with zero attached hydrogens (tertiary/aromatic N) is 2. The third kappa shape index (κ3) is 3.69. The molecule has 0 spiro atoms. The molecule has 0 aliphatic carbocycles. The first-order chi connectivity index (χ1) is 8.85. The summed E-state index contributed by atoms with van der Waals surface area (Å²) >= 11 is 0. The molecule has 2 bridgehead atoms. The Kier molecular flexibility index (Phi) is 5.93. The van der Waals surface area contributed by atoms with Crippen LogP contribution in [0.2, 0.25) is 0 Å². The van der Waals surface area contributed by atoms with Crippen LogP contribution in [0.15, 0.2) is 0 Å². The molecule has 3 heteroatoms. The minimum atomic E-state index is 0.703. The van der Waals surface area contributed by atoms with Crippen molar-refractivity contribution in [2.45, 2.75) is 57.5 Å².